The first-order chi connectivity index (χ1) is 9.10. The van der Waals surface area contributed by atoms with Gasteiger partial charge in [-0.15, -0.1) is 0 Å². The summed E-state index contributed by atoms with van der Waals surface area (Å²) in [5.74, 6) is -0.315. The number of carbonyl (C=O) groups excluding carboxylic acids is 2. The van der Waals surface area contributed by atoms with Crippen molar-refractivity contribution in [2.24, 2.45) is 13.0 Å². The maximum Gasteiger partial charge on any atom is 0.308 e. The summed E-state index contributed by atoms with van der Waals surface area (Å²) in [6.45, 7) is 0. The van der Waals surface area contributed by atoms with Gasteiger partial charge in [0, 0.05) is 19.3 Å². The normalized spacial score (nSPS) is 22.8. The molecule has 2 rings (SSSR count). The molecule has 6 heteroatoms. The van der Waals surface area contributed by atoms with E-state index in [1.54, 1.807) is 17.1 Å². The quantitative estimate of drug-likeness (QED) is 0.823. The zero-order valence-corrected chi connectivity index (χ0v) is 11.3. The number of ether oxygens (including phenoxy) is 1. The highest BCUT2D eigenvalue weighted by atomic mass is 16.5. The third kappa shape index (κ3) is 3.33. The monoisotopic (exact) mass is 265 g/mol. The van der Waals surface area contributed by atoms with Gasteiger partial charge in [-0.3, -0.25) is 9.59 Å². The Morgan fingerprint density at radius 3 is 2.58 bits per heavy atom. The van der Waals surface area contributed by atoms with Crippen LogP contribution in [0.1, 0.15) is 36.2 Å². The Balaban J connectivity index is 1.82. The fourth-order valence-electron chi connectivity index (χ4n) is 2.43. The van der Waals surface area contributed by atoms with E-state index in [4.69, 9.17) is 4.74 Å². The number of carbonyl (C=O) groups is 2. The highest BCUT2D eigenvalue weighted by Crippen LogP contribution is 2.25. The predicted octanol–water partition coefficient (Wildman–Crippen LogP) is 0.882. The second-order valence-electron chi connectivity index (χ2n) is 4.97. The average Bonchev–Trinajstić information content (AvgIpc) is 2.85. The zero-order valence-electron chi connectivity index (χ0n) is 11.3. The minimum atomic E-state index is -0.151. The van der Waals surface area contributed by atoms with Crippen molar-refractivity contribution in [1.82, 2.24) is 14.9 Å². The smallest absolute Gasteiger partial charge is 0.308 e. The van der Waals surface area contributed by atoms with Gasteiger partial charge in [-0.25, -0.2) is 4.98 Å². The number of rotatable bonds is 3. The lowest BCUT2D eigenvalue weighted by atomic mass is 9.86. The van der Waals surface area contributed by atoms with Crippen LogP contribution in [0.2, 0.25) is 0 Å². The van der Waals surface area contributed by atoms with E-state index >= 15 is 0 Å². The van der Waals surface area contributed by atoms with Crippen LogP contribution in [0.25, 0.3) is 0 Å². The highest BCUT2D eigenvalue weighted by molar-refractivity contribution is 5.92. The molecule has 1 aromatic heterocycles. The Labute approximate surface area is 112 Å². The average molecular weight is 265 g/mol. The molecule has 1 fully saturated rings. The van der Waals surface area contributed by atoms with Crippen molar-refractivity contribution in [3.8, 4) is 0 Å². The number of nitrogens with zero attached hydrogens (tertiary/aromatic N) is 2. The van der Waals surface area contributed by atoms with E-state index in [0.29, 0.717) is 5.69 Å². The van der Waals surface area contributed by atoms with E-state index in [-0.39, 0.29) is 23.8 Å². The van der Waals surface area contributed by atoms with Gasteiger partial charge in [-0.2, -0.15) is 0 Å². The first kappa shape index (κ1) is 13.6. The molecule has 0 saturated heterocycles. The number of esters is 1. The number of amides is 1. The molecule has 1 amide bonds. The third-order valence-electron chi connectivity index (χ3n) is 3.53. The molecule has 0 spiro atoms. The molecule has 0 unspecified atom stereocenters. The summed E-state index contributed by atoms with van der Waals surface area (Å²) in [6, 6.07) is 0.121. The van der Waals surface area contributed by atoms with Crippen LogP contribution in [0.4, 0.5) is 0 Å². The Morgan fingerprint density at radius 1 is 1.37 bits per heavy atom. The zero-order chi connectivity index (χ0) is 13.8. The van der Waals surface area contributed by atoms with Crippen LogP contribution >= 0.6 is 0 Å². The number of nitrogens with one attached hydrogen (secondary N) is 1. The molecular weight excluding hydrogens is 246 g/mol. The fourth-order valence-corrected chi connectivity index (χ4v) is 2.43. The minimum absolute atomic E-state index is 0.0204. The Morgan fingerprint density at radius 2 is 2.05 bits per heavy atom. The van der Waals surface area contributed by atoms with Crippen molar-refractivity contribution in [1.29, 1.82) is 0 Å². The lowest BCUT2D eigenvalue weighted by molar-refractivity contribution is -0.146. The molecule has 0 aromatic carbocycles. The van der Waals surface area contributed by atoms with E-state index in [9.17, 15) is 9.59 Å². The van der Waals surface area contributed by atoms with Gasteiger partial charge in [0.15, 0.2) is 0 Å². The number of methoxy groups -OCH3 is 1. The largest absolute Gasteiger partial charge is 0.469 e. The van der Waals surface area contributed by atoms with Crippen LogP contribution in [0.15, 0.2) is 12.5 Å². The van der Waals surface area contributed by atoms with Gasteiger partial charge in [0.1, 0.15) is 5.69 Å². The van der Waals surface area contributed by atoms with Crippen LogP contribution < -0.4 is 5.32 Å². The van der Waals surface area contributed by atoms with E-state index in [1.807, 2.05) is 7.05 Å². The standard InChI is InChI=1S/C13H19N3O3/c1-16-7-11(14-8-16)12(17)15-10-5-3-9(4-6-10)13(18)19-2/h7-10H,3-6H2,1-2H3,(H,15,17). The van der Waals surface area contributed by atoms with E-state index in [2.05, 4.69) is 10.3 Å². The molecule has 1 aliphatic carbocycles. The molecule has 1 N–H and O–H groups in total. The number of hydrogen-bond acceptors (Lipinski definition) is 4. The van der Waals surface area contributed by atoms with Crippen molar-refractivity contribution in [3.05, 3.63) is 18.2 Å². The molecule has 0 radical (unpaired) electrons. The lowest BCUT2D eigenvalue weighted by Gasteiger charge is -2.27. The van der Waals surface area contributed by atoms with Crippen LogP contribution in [0.5, 0.6) is 0 Å². The molecule has 6 nitrogen and oxygen atoms in total. The Kier molecular flexibility index (Phi) is 4.19. The predicted molar refractivity (Wildman–Crippen MR) is 68.4 cm³/mol. The van der Waals surface area contributed by atoms with Gasteiger partial charge in [0.25, 0.3) is 5.91 Å². The Bertz CT molecular complexity index is 461. The number of aryl methyl sites for hydroxylation is 1. The second-order valence-corrected chi connectivity index (χ2v) is 4.97. The fraction of sp³-hybridized carbons (Fsp3) is 0.615. The molecule has 0 aliphatic heterocycles. The summed E-state index contributed by atoms with van der Waals surface area (Å²) in [4.78, 5) is 27.3. The summed E-state index contributed by atoms with van der Waals surface area (Å²) in [5.41, 5.74) is 0.428. The summed E-state index contributed by atoms with van der Waals surface area (Å²) in [7, 11) is 3.24. The van der Waals surface area contributed by atoms with Gasteiger partial charge < -0.3 is 14.6 Å². The summed E-state index contributed by atoms with van der Waals surface area (Å²) >= 11 is 0. The molecule has 1 aliphatic rings. The third-order valence-corrected chi connectivity index (χ3v) is 3.53. The minimum Gasteiger partial charge on any atom is -0.469 e. The maximum absolute atomic E-state index is 11.9. The Hall–Kier alpha value is -1.85. The van der Waals surface area contributed by atoms with Gasteiger partial charge in [-0.05, 0) is 25.7 Å². The number of aromatic nitrogens is 2. The van der Waals surface area contributed by atoms with Crippen LogP contribution in [0, 0.1) is 5.92 Å². The molecular formula is C13H19N3O3. The van der Waals surface area contributed by atoms with Crippen molar-refractivity contribution >= 4 is 11.9 Å². The summed E-state index contributed by atoms with van der Waals surface area (Å²) in [6.07, 6.45) is 6.43. The van der Waals surface area contributed by atoms with Crippen LogP contribution in [-0.2, 0) is 16.6 Å². The number of imidazole rings is 1. The van der Waals surface area contributed by atoms with Crippen molar-refractivity contribution < 1.29 is 14.3 Å². The SMILES string of the molecule is COC(=O)C1CCC(NC(=O)c2cn(C)cn2)CC1. The first-order valence-electron chi connectivity index (χ1n) is 6.47. The summed E-state index contributed by atoms with van der Waals surface area (Å²) < 4.78 is 6.48. The molecule has 1 heterocycles. The van der Waals surface area contributed by atoms with Crippen molar-refractivity contribution in [2.75, 3.05) is 7.11 Å². The topological polar surface area (TPSA) is 73.2 Å². The molecule has 1 saturated carbocycles. The second kappa shape index (κ2) is 5.86. The highest BCUT2D eigenvalue weighted by Gasteiger charge is 2.27. The van der Waals surface area contributed by atoms with E-state index < -0.39 is 0 Å². The van der Waals surface area contributed by atoms with Crippen molar-refractivity contribution in [2.45, 2.75) is 31.7 Å². The van der Waals surface area contributed by atoms with Crippen LogP contribution in [0.3, 0.4) is 0 Å². The van der Waals surface area contributed by atoms with Gasteiger partial charge in [0.05, 0.1) is 19.4 Å². The van der Waals surface area contributed by atoms with Crippen LogP contribution in [-0.4, -0.2) is 34.6 Å². The van der Waals surface area contributed by atoms with Gasteiger partial charge in [0.2, 0.25) is 0 Å². The molecule has 19 heavy (non-hydrogen) atoms. The lowest BCUT2D eigenvalue weighted by Crippen LogP contribution is -2.39. The molecule has 1 aromatic rings. The first-order valence-corrected chi connectivity index (χ1v) is 6.47. The number of hydrogen-bond donors (Lipinski definition) is 1. The maximum atomic E-state index is 11.9. The van der Waals surface area contributed by atoms with E-state index in [0.717, 1.165) is 25.7 Å². The van der Waals surface area contributed by atoms with Crippen molar-refractivity contribution in [3.63, 3.8) is 0 Å². The van der Waals surface area contributed by atoms with Gasteiger partial charge in [-0.1, -0.05) is 0 Å². The molecule has 0 atom stereocenters. The van der Waals surface area contributed by atoms with Gasteiger partial charge >= 0.3 is 5.97 Å². The van der Waals surface area contributed by atoms with E-state index in [1.165, 1.54) is 7.11 Å². The summed E-state index contributed by atoms with van der Waals surface area (Å²) in [5, 5.41) is 2.96. The molecule has 0 bridgehead atoms. The molecule has 104 valence electrons.